The lowest BCUT2D eigenvalue weighted by Gasteiger charge is -2.32. The highest BCUT2D eigenvalue weighted by molar-refractivity contribution is 6.05. The van der Waals surface area contributed by atoms with Crippen LogP contribution in [0.1, 0.15) is 50.9 Å². The van der Waals surface area contributed by atoms with Crippen LogP contribution in [0.4, 0.5) is 5.69 Å². The minimum atomic E-state index is -0.191. The molecule has 1 fully saturated rings. The van der Waals surface area contributed by atoms with Crippen molar-refractivity contribution < 1.29 is 14.3 Å². The third-order valence-electron chi connectivity index (χ3n) is 5.83. The fraction of sp³-hybridized carbons (Fsp3) is 0.269. The SMILES string of the molecule is COc1cccc(NC(=O)c2ccc(C)nc2C2CCN(C(=O)c3ccccc3)CC2)c1. The van der Waals surface area contributed by atoms with Crippen molar-refractivity contribution in [2.45, 2.75) is 25.7 Å². The van der Waals surface area contributed by atoms with E-state index in [0.717, 1.165) is 24.2 Å². The molecule has 2 heterocycles. The summed E-state index contributed by atoms with van der Waals surface area (Å²) in [5.41, 5.74) is 3.63. The molecular formula is C26H27N3O3. The molecule has 0 saturated carbocycles. The Bertz CT molecular complexity index is 1110. The Kier molecular flexibility index (Phi) is 6.50. The van der Waals surface area contributed by atoms with Gasteiger partial charge in [0, 0.05) is 42.0 Å². The van der Waals surface area contributed by atoms with E-state index < -0.39 is 0 Å². The van der Waals surface area contributed by atoms with Crippen LogP contribution in [0.5, 0.6) is 5.75 Å². The summed E-state index contributed by atoms with van der Waals surface area (Å²) in [6.07, 6.45) is 1.54. The first-order chi connectivity index (χ1) is 15.5. The van der Waals surface area contributed by atoms with Gasteiger partial charge in [-0.25, -0.2) is 0 Å². The number of rotatable bonds is 5. The van der Waals surface area contributed by atoms with Crippen LogP contribution in [0.25, 0.3) is 0 Å². The number of carbonyl (C=O) groups excluding carboxylic acids is 2. The van der Waals surface area contributed by atoms with Crippen molar-refractivity contribution in [2.24, 2.45) is 0 Å². The number of nitrogens with one attached hydrogen (secondary N) is 1. The third kappa shape index (κ3) is 4.80. The number of ether oxygens (including phenoxy) is 1. The van der Waals surface area contributed by atoms with Gasteiger partial charge in [0.05, 0.1) is 18.4 Å². The zero-order valence-electron chi connectivity index (χ0n) is 18.4. The van der Waals surface area contributed by atoms with E-state index in [0.29, 0.717) is 35.7 Å². The highest BCUT2D eigenvalue weighted by atomic mass is 16.5. The van der Waals surface area contributed by atoms with E-state index >= 15 is 0 Å². The lowest BCUT2D eigenvalue weighted by atomic mass is 9.89. The Labute approximate surface area is 188 Å². The molecule has 4 rings (SSSR count). The van der Waals surface area contributed by atoms with Gasteiger partial charge in [-0.3, -0.25) is 14.6 Å². The molecule has 0 aliphatic carbocycles. The maximum atomic E-state index is 13.1. The highest BCUT2D eigenvalue weighted by Gasteiger charge is 2.28. The summed E-state index contributed by atoms with van der Waals surface area (Å²) in [7, 11) is 1.60. The topological polar surface area (TPSA) is 71.5 Å². The van der Waals surface area contributed by atoms with Crippen molar-refractivity contribution >= 4 is 17.5 Å². The first-order valence-electron chi connectivity index (χ1n) is 10.8. The zero-order chi connectivity index (χ0) is 22.5. The molecule has 6 nitrogen and oxygen atoms in total. The average molecular weight is 430 g/mol. The number of likely N-dealkylation sites (tertiary alicyclic amines) is 1. The molecule has 0 bridgehead atoms. The lowest BCUT2D eigenvalue weighted by Crippen LogP contribution is -2.38. The minimum absolute atomic E-state index is 0.0530. The summed E-state index contributed by atoms with van der Waals surface area (Å²) in [5.74, 6) is 0.669. The van der Waals surface area contributed by atoms with E-state index in [1.807, 2.05) is 72.5 Å². The van der Waals surface area contributed by atoms with E-state index in [1.54, 1.807) is 13.2 Å². The van der Waals surface area contributed by atoms with Gasteiger partial charge in [0.2, 0.25) is 0 Å². The van der Waals surface area contributed by atoms with E-state index in [9.17, 15) is 9.59 Å². The monoisotopic (exact) mass is 429 g/mol. The Morgan fingerprint density at radius 2 is 1.75 bits per heavy atom. The molecule has 32 heavy (non-hydrogen) atoms. The standard InChI is InChI=1S/C26H27N3O3/c1-18-11-12-23(25(30)28-21-9-6-10-22(17-21)32-2)24(27-18)19-13-15-29(16-14-19)26(31)20-7-4-3-5-8-20/h3-12,17,19H,13-16H2,1-2H3,(H,28,30). The first kappa shape index (κ1) is 21.6. The number of amides is 2. The van der Waals surface area contributed by atoms with Crippen LogP contribution in [-0.2, 0) is 0 Å². The van der Waals surface area contributed by atoms with E-state index in [1.165, 1.54) is 0 Å². The Morgan fingerprint density at radius 1 is 1.00 bits per heavy atom. The molecule has 0 radical (unpaired) electrons. The second kappa shape index (κ2) is 9.64. The molecule has 2 amide bonds. The van der Waals surface area contributed by atoms with Crippen molar-refractivity contribution in [2.75, 3.05) is 25.5 Å². The molecule has 0 spiro atoms. The van der Waals surface area contributed by atoms with Crippen LogP contribution in [0.3, 0.4) is 0 Å². The second-order valence-corrected chi connectivity index (χ2v) is 8.00. The predicted molar refractivity (Wildman–Crippen MR) is 124 cm³/mol. The van der Waals surface area contributed by atoms with Crippen LogP contribution in [0, 0.1) is 6.92 Å². The number of carbonyl (C=O) groups is 2. The molecule has 6 heteroatoms. The summed E-state index contributed by atoms with van der Waals surface area (Å²) < 4.78 is 5.24. The first-order valence-corrected chi connectivity index (χ1v) is 10.8. The van der Waals surface area contributed by atoms with Crippen molar-refractivity contribution in [1.82, 2.24) is 9.88 Å². The molecule has 0 unspecified atom stereocenters. The molecule has 1 saturated heterocycles. The number of aromatic nitrogens is 1. The summed E-state index contributed by atoms with van der Waals surface area (Å²) >= 11 is 0. The fourth-order valence-corrected chi connectivity index (χ4v) is 4.10. The lowest BCUT2D eigenvalue weighted by molar-refractivity contribution is 0.0711. The van der Waals surface area contributed by atoms with Crippen molar-refractivity contribution in [1.29, 1.82) is 0 Å². The number of piperidine rings is 1. The summed E-state index contributed by atoms with van der Waals surface area (Å²) in [6, 6.07) is 20.3. The van der Waals surface area contributed by atoms with Gasteiger partial charge in [-0.2, -0.15) is 0 Å². The third-order valence-corrected chi connectivity index (χ3v) is 5.83. The highest BCUT2D eigenvalue weighted by Crippen LogP contribution is 2.30. The average Bonchev–Trinajstić information content (AvgIpc) is 2.84. The maximum absolute atomic E-state index is 13.1. The zero-order valence-corrected chi connectivity index (χ0v) is 18.4. The summed E-state index contributed by atoms with van der Waals surface area (Å²) in [6.45, 7) is 3.22. The number of aryl methyl sites for hydroxylation is 1. The second-order valence-electron chi connectivity index (χ2n) is 8.00. The molecule has 1 aliphatic heterocycles. The number of hydrogen-bond acceptors (Lipinski definition) is 4. The molecule has 2 aromatic carbocycles. The van der Waals surface area contributed by atoms with Crippen molar-refractivity contribution in [3.05, 3.63) is 89.2 Å². The summed E-state index contributed by atoms with van der Waals surface area (Å²) in [5, 5.41) is 2.96. The summed E-state index contributed by atoms with van der Waals surface area (Å²) in [4.78, 5) is 32.5. The van der Waals surface area contributed by atoms with Crippen molar-refractivity contribution in [3.63, 3.8) is 0 Å². The Hall–Kier alpha value is -3.67. The number of nitrogens with zero attached hydrogens (tertiary/aromatic N) is 2. The smallest absolute Gasteiger partial charge is 0.257 e. The Balaban J connectivity index is 1.49. The largest absolute Gasteiger partial charge is 0.497 e. The van der Waals surface area contributed by atoms with Crippen LogP contribution in [0.15, 0.2) is 66.7 Å². The molecule has 1 N–H and O–H groups in total. The van der Waals surface area contributed by atoms with Gasteiger partial charge < -0.3 is 15.0 Å². The number of methoxy groups -OCH3 is 1. The normalized spacial score (nSPS) is 14.1. The Morgan fingerprint density at radius 3 is 2.47 bits per heavy atom. The quantitative estimate of drug-likeness (QED) is 0.640. The number of anilines is 1. The minimum Gasteiger partial charge on any atom is -0.497 e. The van der Waals surface area contributed by atoms with Crippen LogP contribution >= 0.6 is 0 Å². The van der Waals surface area contributed by atoms with E-state index in [4.69, 9.17) is 9.72 Å². The van der Waals surface area contributed by atoms with Gasteiger partial charge in [0.15, 0.2) is 0 Å². The van der Waals surface area contributed by atoms with E-state index in [-0.39, 0.29) is 17.7 Å². The number of pyridine rings is 1. The van der Waals surface area contributed by atoms with Gasteiger partial charge in [-0.15, -0.1) is 0 Å². The van der Waals surface area contributed by atoms with Crippen LogP contribution < -0.4 is 10.1 Å². The molecule has 3 aromatic rings. The molecule has 0 atom stereocenters. The van der Waals surface area contributed by atoms with E-state index in [2.05, 4.69) is 5.32 Å². The predicted octanol–water partition coefficient (Wildman–Crippen LogP) is 4.67. The molecule has 1 aromatic heterocycles. The van der Waals surface area contributed by atoms with Gasteiger partial charge in [-0.1, -0.05) is 24.3 Å². The van der Waals surface area contributed by atoms with Gasteiger partial charge in [0.25, 0.3) is 11.8 Å². The van der Waals surface area contributed by atoms with Gasteiger partial charge in [0.1, 0.15) is 5.75 Å². The van der Waals surface area contributed by atoms with Crippen LogP contribution in [-0.4, -0.2) is 41.9 Å². The molecule has 164 valence electrons. The number of benzene rings is 2. The number of hydrogen-bond donors (Lipinski definition) is 1. The molecule has 1 aliphatic rings. The van der Waals surface area contributed by atoms with Crippen molar-refractivity contribution in [3.8, 4) is 5.75 Å². The fourth-order valence-electron chi connectivity index (χ4n) is 4.10. The van der Waals surface area contributed by atoms with Crippen LogP contribution in [0.2, 0.25) is 0 Å². The van der Waals surface area contributed by atoms with Gasteiger partial charge in [-0.05, 0) is 56.2 Å². The van der Waals surface area contributed by atoms with Gasteiger partial charge >= 0.3 is 0 Å². The maximum Gasteiger partial charge on any atom is 0.257 e. The molecular weight excluding hydrogens is 402 g/mol.